The highest BCUT2D eigenvalue weighted by Crippen LogP contribution is 2.17. The quantitative estimate of drug-likeness (QED) is 0.383. The number of hydrogen-bond acceptors (Lipinski definition) is 6. The minimum Gasteiger partial charge on any atom is -0.453 e. The van der Waals surface area contributed by atoms with Crippen molar-refractivity contribution in [3.05, 3.63) is 52.8 Å². The molecule has 0 aliphatic heterocycles. The van der Waals surface area contributed by atoms with Crippen LogP contribution in [0.3, 0.4) is 0 Å². The first-order valence-electron chi connectivity index (χ1n) is 9.72. The number of esters is 1. The van der Waals surface area contributed by atoms with Gasteiger partial charge >= 0.3 is 5.97 Å². The summed E-state index contributed by atoms with van der Waals surface area (Å²) in [5.74, 6) is -0.518. The summed E-state index contributed by atoms with van der Waals surface area (Å²) >= 11 is 1.49. The molecule has 0 saturated heterocycles. The van der Waals surface area contributed by atoms with Crippen molar-refractivity contribution in [3.63, 3.8) is 0 Å². The van der Waals surface area contributed by atoms with Gasteiger partial charge in [-0.2, -0.15) is 0 Å². The second-order valence-electron chi connectivity index (χ2n) is 7.05. The number of carbonyl (C=O) groups excluding carboxylic acids is 2. The number of carbonyl (C=O) groups is 2. The maximum absolute atomic E-state index is 12.3. The number of nitrogens with zero attached hydrogens (tertiary/aromatic N) is 2. The average molecular weight is 416 g/mol. The normalized spacial score (nSPS) is 12.9. The number of aromatic nitrogens is 2. The summed E-state index contributed by atoms with van der Waals surface area (Å²) in [7, 11) is 0. The van der Waals surface area contributed by atoms with Crippen LogP contribution in [0.15, 0.2) is 35.5 Å². The molecule has 2 rings (SSSR count). The lowest BCUT2D eigenvalue weighted by Gasteiger charge is -2.17. The number of aryl methyl sites for hydroxylation is 2. The van der Waals surface area contributed by atoms with Crippen molar-refractivity contribution in [2.24, 2.45) is 0 Å². The maximum Gasteiger partial charge on any atom is 0.306 e. The van der Waals surface area contributed by atoms with Crippen LogP contribution in [0.25, 0.3) is 0 Å². The molecule has 1 heterocycles. The van der Waals surface area contributed by atoms with Gasteiger partial charge in [-0.15, -0.1) is 0 Å². The molecule has 7 heteroatoms. The summed E-state index contributed by atoms with van der Waals surface area (Å²) in [6.07, 6.45) is 1.77. The Kier molecular flexibility index (Phi) is 8.64. The number of thioether (sulfide) groups is 1. The van der Waals surface area contributed by atoms with Crippen molar-refractivity contribution in [1.29, 1.82) is 0 Å². The fraction of sp³-hybridized carbons (Fsp3) is 0.455. The van der Waals surface area contributed by atoms with Gasteiger partial charge in [0, 0.05) is 24.4 Å². The topological polar surface area (TPSA) is 81.2 Å². The van der Waals surface area contributed by atoms with Crippen LogP contribution in [0.4, 0.5) is 0 Å². The third kappa shape index (κ3) is 6.85. The third-order valence-corrected chi connectivity index (χ3v) is 5.34. The maximum atomic E-state index is 12.3. The lowest BCUT2D eigenvalue weighted by atomic mass is 10.0. The fourth-order valence-corrected chi connectivity index (χ4v) is 3.45. The number of nitrogens with one attached hydrogen (secondary N) is 1. The van der Waals surface area contributed by atoms with E-state index in [1.54, 1.807) is 6.92 Å². The Morgan fingerprint density at radius 1 is 1.10 bits per heavy atom. The molecule has 6 nitrogen and oxygen atoms in total. The molecule has 0 radical (unpaired) electrons. The average Bonchev–Trinajstić information content (AvgIpc) is 2.71. The summed E-state index contributed by atoms with van der Waals surface area (Å²) in [6, 6.07) is 9.96. The van der Waals surface area contributed by atoms with E-state index in [2.05, 4.69) is 15.3 Å². The molecule has 1 amide bonds. The standard InChI is InChI=1S/C22H29N3O3S/c1-14(18-9-7-6-8-10-18)13-23-21(27)17(4)28-20(26)12-11-19-15(2)24-22(29-5)25-16(19)3/h6-10,14,17H,11-13H2,1-5H3,(H,23,27)/t14-,17+/m0/s1. The zero-order valence-corrected chi connectivity index (χ0v) is 18.5. The zero-order chi connectivity index (χ0) is 21.4. The first kappa shape index (κ1) is 22.9. The van der Waals surface area contributed by atoms with Gasteiger partial charge in [-0.05, 0) is 50.5 Å². The van der Waals surface area contributed by atoms with Crippen LogP contribution in [-0.4, -0.2) is 40.7 Å². The molecule has 2 aromatic rings. The molecule has 1 aromatic heterocycles. The molecule has 1 N–H and O–H groups in total. The Balaban J connectivity index is 1.80. The summed E-state index contributed by atoms with van der Waals surface area (Å²) in [5, 5.41) is 3.58. The Morgan fingerprint density at radius 2 is 1.72 bits per heavy atom. The second kappa shape index (κ2) is 11.0. The lowest BCUT2D eigenvalue weighted by Crippen LogP contribution is -2.37. The van der Waals surface area contributed by atoms with Gasteiger partial charge in [0.2, 0.25) is 0 Å². The van der Waals surface area contributed by atoms with Gasteiger partial charge < -0.3 is 10.1 Å². The molecule has 0 spiro atoms. The van der Waals surface area contributed by atoms with Crippen LogP contribution in [0, 0.1) is 13.8 Å². The monoisotopic (exact) mass is 415 g/mol. The van der Waals surface area contributed by atoms with Crippen molar-refractivity contribution in [3.8, 4) is 0 Å². The van der Waals surface area contributed by atoms with Gasteiger partial charge in [0.1, 0.15) is 0 Å². The highest BCUT2D eigenvalue weighted by molar-refractivity contribution is 7.98. The molecule has 0 fully saturated rings. The van der Waals surface area contributed by atoms with Crippen LogP contribution in [-0.2, 0) is 20.7 Å². The molecule has 0 aliphatic carbocycles. The van der Waals surface area contributed by atoms with Crippen LogP contribution < -0.4 is 5.32 Å². The van der Waals surface area contributed by atoms with E-state index in [1.165, 1.54) is 11.8 Å². The van der Waals surface area contributed by atoms with Crippen LogP contribution in [0.1, 0.15) is 48.7 Å². The van der Waals surface area contributed by atoms with Gasteiger partial charge in [-0.1, -0.05) is 49.0 Å². The Labute approximate surface area is 176 Å². The largest absolute Gasteiger partial charge is 0.453 e. The molecule has 0 aliphatic rings. The van der Waals surface area contributed by atoms with Crippen LogP contribution in [0.5, 0.6) is 0 Å². The van der Waals surface area contributed by atoms with E-state index in [-0.39, 0.29) is 18.2 Å². The van der Waals surface area contributed by atoms with E-state index >= 15 is 0 Å². The van der Waals surface area contributed by atoms with Crippen LogP contribution in [0.2, 0.25) is 0 Å². The highest BCUT2D eigenvalue weighted by Gasteiger charge is 2.19. The van der Waals surface area contributed by atoms with E-state index < -0.39 is 12.1 Å². The van der Waals surface area contributed by atoms with E-state index in [0.29, 0.717) is 13.0 Å². The Morgan fingerprint density at radius 3 is 2.31 bits per heavy atom. The fourth-order valence-electron chi connectivity index (χ4n) is 3.00. The first-order chi connectivity index (χ1) is 13.8. The first-order valence-corrected chi connectivity index (χ1v) is 10.9. The predicted molar refractivity (Wildman–Crippen MR) is 115 cm³/mol. The summed E-state index contributed by atoms with van der Waals surface area (Å²) < 4.78 is 5.30. The molecule has 0 saturated carbocycles. The molecule has 0 bridgehead atoms. The Hall–Kier alpha value is -2.41. The molecule has 156 valence electrons. The molecular weight excluding hydrogens is 386 g/mol. The van der Waals surface area contributed by atoms with Crippen LogP contribution >= 0.6 is 11.8 Å². The minimum atomic E-state index is -0.831. The third-order valence-electron chi connectivity index (χ3n) is 4.79. The number of ether oxygens (including phenoxy) is 1. The number of benzene rings is 1. The molecule has 2 atom stereocenters. The number of amides is 1. The Bertz CT molecular complexity index is 819. The van der Waals surface area contributed by atoms with Crippen molar-refractivity contribution in [2.75, 3.05) is 12.8 Å². The lowest BCUT2D eigenvalue weighted by molar-refractivity contribution is -0.154. The van der Waals surface area contributed by atoms with E-state index in [9.17, 15) is 9.59 Å². The molecule has 1 aromatic carbocycles. The van der Waals surface area contributed by atoms with Gasteiger partial charge in [0.15, 0.2) is 11.3 Å². The van der Waals surface area contributed by atoms with Crippen molar-refractivity contribution >= 4 is 23.6 Å². The van der Waals surface area contributed by atoms with Gasteiger partial charge in [-0.3, -0.25) is 9.59 Å². The van der Waals surface area contributed by atoms with Crippen molar-refractivity contribution in [1.82, 2.24) is 15.3 Å². The molecular formula is C22H29N3O3S. The van der Waals surface area contributed by atoms with Crippen molar-refractivity contribution < 1.29 is 14.3 Å². The number of hydrogen-bond donors (Lipinski definition) is 1. The van der Waals surface area contributed by atoms with Crippen molar-refractivity contribution in [2.45, 2.75) is 57.7 Å². The predicted octanol–water partition coefficient (Wildman–Crippen LogP) is 3.60. The smallest absolute Gasteiger partial charge is 0.306 e. The van der Waals surface area contributed by atoms with E-state index in [1.807, 2.05) is 57.4 Å². The number of rotatable bonds is 9. The minimum absolute atomic E-state index is 0.179. The molecule has 29 heavy (non-hydrogen) atoms. The van der Waals surface area contributed by atoms with Gasteiger partial charge in [0.25, 0.3) is 5.91 Å². The molecule has 0 unspecified atom stereocenters. The van der Waals surface area contributed by atoms with Gasteiger partial charge in [-0.25, -0.2) is 9.97 Å². The highest BCUT2D eigenvalue weighted by atomic mass is 32.2. The van der Waals surface area contributed by atoms with E-state index in [4.69, 9.17) is 4.74 Å². The zero-order valence-electron chi connectivity index (χ0n) is 17.7. The van der Waals surface area contributed by atoms with E-state index in [0.717, 1.165) is 27.7 Å². The summed E-state index contributed by atoms with van der Waals surface area (Å²) in [4.78, 5) is 33.3. The SMILES string of the molecule is CSc1nc(C)c(CCC(=O)O[C@H](C)C(=O)NC[C@H](C)c2ccccc2)c(C)n1. The summed E-state index contributed by atoms with van der Waals surface area (Å²) in [6.45, 7) is 7.95. The second-order valence-corrected chi connectivity index (χ2v) is 7.82. The summed E-state index contributed by atoms with van der Waals surface area (Å²) in [5.41, 5.74) is 3.84. The van der Waals surface area contributed by atoms with Gasteiger partial charge in [0.05, 0.1) is 0 Å².